The minimum absolute atomic E-state index is 0.0923. The number of ether oxygens (including phenoxy) is 1. The smallest absolute Gasteiger partial charge is 0.247 e. The van der Waals surface area contributed by atoms with Gasteiger partial charge in [0.05, 0.1) is 0 Å². The number of sulfone groups is 1. The van der Waals surface area contributed by atoms with Crippen LogP contribution in [0.5, 0.6) is 5.75 Å². The average molecular weight is 350 g/mol. The number of hydrogen-bond acceptors (Lipinski definition) is 6. The zero-order valence-corrected chi connectivity index (χ0v) is 14.1. The third kappa shape index (κ3) is 4.23. The maximum atomic E-state index is 13.7. The van der Waals surface area contributed by atoms with Crippen molar-refractivity contribution in [1.29, 1.82) is 0 Å². The number of ketones is 1. The van der Waals surface area contributed by atoms with Gasteiger partial charge >= 0.3 is 0 Å². The Balaban J connectivity index is 2.42. The number of nitrogens with zero attached hydrogens (tertiary/aromatic N) is 2. The first-order valence-electron chi connectivity index (χ1n) is 6.87. The Labute approximate surface area is 138 Å². The van der Waals surface area contributed by atoms with Crippen LogP contribution >= 0.6 is 0 Å². The van der Waals surface area contributed by atoms with Crippen molar-refractivity contribution in [3.05, 3.63) is 53.3 Å². The highest BCUT2D eigenvalue weighted by molar-refractivity contribution is 7.90. The summed E-state index contributed by atoms with van der Waals surface area (Å²) in [7, 11) is -3.53. The summed E-state index contributed by atoms with van der Waals surface area (Å²) in [5.74, 6) is -1.24. The molecule has 126 valence electrons. The van der Waals surface area contributed by atoms with E-state index in [1.807, 2.05) is 0 Å². The first-order chi connectivity index (χ1) is 11.2. The Hall–Kier alpha value is -2.61. The van der Waals surface area contributed by atoms with Gasteiger partial charge in [0.25, 0.3) is 0 Å². The van der Waals surface area contributed by atoms with Crippen LogP contribution in [0.25, 0.3) is 6.08 Å². The van der Waals surface area contributed by atoms with E-state index in [1.54, 1.807) is 13.0 Å². The minimum Gasteiger partial charge on any atom is -0.451 e. The molecule has 0 spiro atoms. The van der Waals surface area contributed by atoms with Gasteiger partial charge in [0.1, 0.15) is 0 Å². The lowest BCUT2D eigenvalue weighted by molar-refractivity contribution is -0.115. The molecule has 0 radical (unpaired) electrons. The van der Waals surface area contributed by atoms with Crippen molar-refractivity contribution < 1.29 is 22.3 Å². The highest BCUT2D eigenvalue weighted by Gasteiger charge is 2.15. The molecule has 0 aliphatic heterocycles. The first-order valence-corrected chi connectivity index (χ1v) is 8.76. The third-order valence-corrected chi connectivity index (χ3v) is 3.88. The highest BCUT2D eigenvalue weighted by atomic mass is 32.2. The number of aryl methyl sites for hydroxylation is 1. The van der Waals surface area contributed by atoms with Crippen molar-refractivity contribution in [3.8, 4) is 5.75 Å². The second-order valence-corrected chi connectivity index (χ2v) is 6.97. The molecule has 24 heavy (non-hydrogen) atoms. The normalized spacial score (nSPS) is 12.1. The number of rotatable bonds is 5. The van der Waals surface area contributed by atoms with Gasteiger partial charge < -0.3 is 4.74 Å². The third-order valence-electron chi connectivity index (χ3n) is 3.02. The summed E-state index contributed by atoms with van der Waals surface area (Å²) in [6.07, 6.45) is 3.61. The van der Waals surface area contributed by atoms with E-state index >= 15 is 0 Å². The molecule has 0 N–H and O–H groups in total. The van der Waals surface area contributed by atoms with E-state index in [9.17, 15) is 17.6 Å². The minimum atomic E-state index is -3.53. The molecule has 8 heteroatoms. The molecule has 0 fully saturated rings. The van der Waals surface area contributed by atoms with Crippen LogP contribution in [0.3, 0.4) is 0 Å². The van der Waals surface area contributed by atoms with E-state index in [0.29, 0.717) is 11.3 Å². The second-order valence-electron chi connectivity index (χ2n) is 5.06. The van der Waals surface area contributed by atoms with E-state index < -0.39 is 21.4 Å². The molecule has 2 aromatic rings. The van der Waals surface area contributed by atoms with Crippen molar-refractivity contribution in [3.63, 3.8) is 0 Å². The summed E-state index contributed by atoms with van der Waals surface area (Å²) >= 11 is 0. The van der Waals surface area contributed by atoms with E-state index in [4.69, 9.17) is 4.74 Å². The van der Waals surface area contributed by atoms with Gasteiger partial charge in [0.15, 0.2) is 23.1 Å². The number of Topliss-reactive ketones (excluding diaryl/α,β-unsaturated/α-hetero) is 1. The predicted octanol–water partition coefficient (Wildman–Crippen LogP) is 2.34. The van der Waals surface area contributed by atoms with E-state index in [2.05, 4.69) is 9.97 Å². The summed E-state index contributed by atoms with van der Waals surface area (Å²) in [5, 5.41) is -0.309. The van der Waals surface area contributed by atoms with Gasteiger partial charge in [-0.25, -0.2) is 22.8 Å². The maximum Gasteiger partial charge on any atom is 0.247 e. The lowest BCUT2D eigenvalue weighted by Crippen LogP contribution is -2.08. The second kappa shape index (κ2) is 6.88. The Morgan fingerprint density at radius 3 is 2.50 bits per heavy atom. The predicted molar refractivity (Wildman–Crippen MR) is 85.6 cm³/mol. The lowest BCUT2D eigenvalue weighted by atomic mass is 10.2. The molecule has 0 amide bonds. The molecule has 0 aliphatic carbocycles. The number of carbonyl (C=O) groups excluding carboxylic acids is 1. The number of aromatic nitrogens is 2. The molecule has 0 aliphatic rings. The number of allylic oxidation sites excluding steroid dienone is 1. The number of halogens is 1. The Kier molecular flexibility index (Phi) is 5.08. The van der Waals surface area contributed by atoms with Crippen LogP contribution in [-0.2, 0) is 14.6 Å². The first kappa shape index (κ1) is 17.7. The van der Waals surface area contributed by atoms with Crippen LogP contribution in [0.4, 0.5) is 4.39 Å². The van der Waals surface area contributed by atoms with Crippen molar-refractivity contribution in [1.82, 2.24) is 9.97 Å². The molecular weight excluding hydrogens is 335 g/mol. The number of hydrogen-bond donors (Lipinski definition) is 0. The molecule has 1 aromatic carbocycles. The fraction of sp³-hybridized carbons (Fsp3) is 0.188. The summed E-state index contributed by atoms with van der Waals surface area (Å²) < 4.78 is 41.9. The van der Waals surface area contributed by atoms with Gasteiger partial charge in [-0.2, -0.15) is 0 Å². The Bertz CT molecular complexity index is 923. The molecule has 0 saturated heterocycles. The van der Waals surface area contributed by atoms with E-state index in [0.717, 1.165) is 6.26 Å². The average Bonchev–Trinajstić information content (AvgIpc) is 2.49. The van der Waals surface area contributed by atoms with Crippen molar-refractivity contribution in [2.75, 3.05) is 6.26 Å². The van der Waals surface area contributed by atoms with Gasteiger partial charge in [-0.15, -0.1) is 0 Å². The van der Waals surface area contributed by atoms with Gasteiger partial charge in [0.2, 0.25) is 15.0 Å². The summed E-state index contributed by atoms with van der Waals surface area (Å²) in [4.78, 5) is 19.4. The van der Waals surface area contributed by atoms with Crippen molar-refractivity contribution in [2.24, 2.45) is 0 Å². The topological polar surface area (TPSA) is 86.2 Å². The van der Waals surface area contributed by atoms with Crippen molar-refractivity contribution in [2.45, 2.75) is 19.0 Å². The number of benzene rings is 1. The number of para-hydroxylation sites is 1. The zero-order chi connectivity index (χ0) is 17.9. The maximum absolute atomic E-state index is 13.7. The standard InChI is InChI=1S/C16H15FN2O4S/c1-10-12(9-18-16(19-10)24(3,21)22)8-15(11(2)20)23-14-7-5-4-6-13(14)17/h4-9H,1-3H3/b15-8+. The molecule has 1 aromatic heterocycles. The van der Waals surface area contributed by atoms with Gasteiger partial charge in [-0.3, -0.25) is 4.79 Å². The Morgan fingerprint density at radius 1 is 1.29 bits per heavy atom. The van der Waals surface area contributed by atoms with Crippen LogP contribution in [0, 0.1) is 12.7 Å². The largest absolute Gasteiger partial charge is 0.451 e. The molecule has 1 heterocycles. The quantitative estimate of drug-likeness (QED) is 0.467. The highest BCUT2D eigenvalue weighted by Crippen LogP contribution is 2.21. The molecule has 0 unspecified atom stereocenters. The van der Waals surface area contributed by atoms with Gasteiger partial charge in [0, 0.05) is 30.6 Å². The SMILES string of the molecule is CC(=O)/C(=C\c1cnc(S(C)(=O)=O)nc1C)Oc1ccccc1F. The Morgan fingerprint density at radius 2 is 1.96 bits per heavy atom. The molecule has 2 rings (SSSR count). The summed E-state index contributed by atoms with van der Waals surface area (Å²) in [5.41, 5.74) is 0.741. The van der Waals surface area contributed by atoms with Gasteiger partial charge in [-0.05, 0) is 25.1 Å². The van der Waals surface area contributed by atoms with E-state index in [1.165, 1.54) is 37.4 Å². The molecule has 0 bridgehead atoms. The monoisotopic (exact) mass is 350 g/mol. The summed E-state index contributed by atoms with van der Waals surface area (Å²) in [6, 6.07) is 5.68. The van der Waals surface area contributed by atoms with Crippen LogP contribution in [0.1, 0.15) is 18.2 Å². The molecule has 0 saturated carbocycles. The van der Waals surface area contributed by atoms with Crippen LogP contribution in [0.2, 0.25) is 0 Å². The zero-order valence-electron chi connectivity index (χ0n) is 13.3. The molecule has 0 atom stereocenters. The fourth-order valence-electron chi connectivity index (χ4n) is 1.77. The van der Waals surface area contributed by atoms with Gasteiger partial charge in [-0.1, -0.05) is 12.1 Å². The molecule has 6 nitrogen and oxygen atoms in total. The fourth-order valence-corrected chi connectivity index (χ4v) is 2.31. The van der Waals surface area contributed by atoms with E-state index in [-0.39, 0.29) is 16.7 Å². The van der Waals surface area contributed by atoms with Crippen LogP contribution in [0.15, 0.2) is 41.4 Å². The summed E-state index contributed by atoms with van der Waals surface area (Å²) in [6.45, 7) is 2.84. The number of carbonyl (C=O) groups is 1. The van der Waals surface area contributed by atoms with Crippen LogP contribution < -0.4 is 4.74 Å². The lowest BCUT2D eigenvalue weighted by Gasteiger charge is -2.09. The van der Waals surface area contributed by atoms with Crippen LogP contribution in [-0.4, -0.2) is 30.4 Å². The molecular formula is C16H15FN2O4S. The van der Waals surface area contributed by atoms with Crippen molar-refractivity contribution >= 4 is 21.7 Å².